The summed E-state index contributed by atoms with van der Waals surface area (Å²) in [6.45, 7) is 3.80. The SMILES string of the molecule is CC(CNCc1ccccc1O)c1ccccc1. The lowest BCUT2D eigenvalue weighted by atomic mass is 10.0. The molecule has 2 aromatic carbocycles. The van der Waals surface area contributed by atoms with Gasteiger partial charge in [0.1, 0.15) is 5.75 Å². The maximum Gasteiger partial charge on any atom is 0.120 e. The second-order valence-electron chi connectivity index (χ2n) is 4.57. The Bertz CT molecular complexity index is 481. The highest BCUT2D eigenvalue weighted by Crippen LogP contribution is 2.16. The van der Waals surface area contributed by atoms with Gasteiger partial charge < -0.3 is 10.4 Å². The fourth-order valence-electron chi connectivity index (χ4n) is 1.98. The third kappa shape index (κ3) is 3.34. The highest BCUT2D eigenvalue weighted by Gasteiger charge is 2.05. The molecule has 18 heavy (non-hydrogen) atoms. The summed E-state index contributed by atoms with van der Waals surface area (Å²) in [5, 5.41) is 13.0. The molecule has 2 heteroatoms. The van der Waals surface area contributed by atoms with Gasteiger partial charge in [0.15, 0.2) is 0 Å². The molecule has 2 nitrogen and oxygen atoms in total. The summed E-state index contributed by atoms with van der Waals surface area (Å²) in [4.78, 5) is 0. The van der Waals surface area contributed by atoms with Gasteiger partial charge in [-0.25, -0.2) is 0 Å². The van der Waals surface area contributed by atoms with Gasteiger partial charge in [-0.1, -0.05) is 55.5 Å². The molecule has 94 valence electrons. The molecule has 0 aliphatic carbocycles. The Balaban J connectivity index is 1.84. The summed E-state index contributed by atoms with van der Waals surface area (Å²) in [5.41, 5.74) is 2.28. The molecule has 2 rings (SSSR count). The average Bonchev–Trinajstić information content (AvgIpc) is 2.42. The van der Waals surface area contributed by atoms with Crippen LogP contribution in [0.2, 0.25) is 0 Å². The number of hydrogen-bond acceptors (Lipinski definition) is 2. The van der Waals surface area contributed by atoms with E-state index in [1.165, 1.54) is 5.56 Å². The smallest absolute Gasteiger partial charge is 0.120 e. The molecule has 0 amide bonds. The molecule has 0 saturated carbocycles. The molecular formula is C16H19NO. The number of hydrogen-bond donors (Lipinski definition) is 2. The van der Waals surface area contributed by atoms with Crippen LogP contribution in [0.4, 0.5) is 0 Å². The molecule has 0 spiro atoms. The maximum absolute atomic E-state index is 9.65. The van der Waals surface area contributed by atoms with Gasteiger partial charge in [0.25, 0.3) is 0 Å². The molecule has 0 heterocycles. The molecule has 2 aromatic rings. The summed E-state index contributed by atoms with van der Waals surface area (Å²) in [6.07, 6.45) is 0. The number of benzene rings is 2. The number of phenolic OH excluding ortho intramolecular Hbond substituents is 1. The van der Waals surface area contributed by atoms with Crippen molar-refractivity contribution < 1.29 is 5.11 Å². The van der Waals surface area contributed by atoms with Crippen molar-refractivity contribution >= 4 is 0 Å². The Labute approximate surface area is 108 Å². The Morgan fingerprint density at radius 3 is 2.39 bits per heavy atom. The number of aromatic hydroxyl groups is 1. The lowest BCUT2D eigenvalue weighted by molar-refractivity contribution is 0.463. The molecule has 0 aliphatic rings. The van der Waals surface area contributed by atoms with Crippen molar-refractivity contribution in [1.82, 2.24) is 5.32 Å². The number of rotatable bonds is 5. The van der Waals surface area contributed by atoms with Crippen LogP contribution in [-0.2, 0) is 6.54 Å². The number of phenols is 1. The molecule has 0 fully saturated rings. The highest BCUT2D eigenvalue weighted by atomic mass is 16.3. The van der Waals surface area contributed by atoms with Crippen molar-refractivity contribution in [3.63, 3.8) is 0 Å². The highest BCUT2D eigenvalue weighted by molar-refractivity contribution is 5.31. The van der Waals surface area contributed by atoms with Gasteiger partial charge in [-0.2, -0.15) is 0 Å². The zero-order valence-electron chi connectivity index (χ0n) is 10.6. The van der Waals surface area contributed by atoms with Crippen LogP contribution in [0.25, 0.3) is 0 Å². The minimum Gasteiger partial charge on any atom is -0.508 e. The monoisotopic (exact) mass is 241 g/mol. The molecule has 1 unspecified atom stereocenters. The van der Waals surface area contributed by atoms with Crippen molar-refractivity contribution in [2.45, 2.75) is 19.4 Å². The van der Waals surface area contributed by atoms with E-state index in [1.807, 2.05) is 24.3 Å². The van der Waals surface area contributed by atoms with Crippen molar-refractivity contribution in [3.05, 3.63) is 65.7 Å². The van der Waals surface area contributed by atoms with Crippen LogP contribution in [-0.4, -0.2) is 11.7 Å². The van der Waals surface area contributed by atoms with Gasteiger partial charge in [-0.15, -0.1) is 0 Å². The third-order valence-electron chi connectivity index (χ3n) is 3.13. The molecule has 2 N–H and O–H groups in total. The van der Waals surface area contributed by atoms with Crippen LogP contribution < -0.4 is 5.32 Å². The summed E-state index contributed by atoms with van der Waals surface area (Å²) >= 11 is 0. The first-order chi connectivity index (χ1) is 8.77. The van der Waals surface area contributed by atoms with Crippen molar-refractivity contribution in [3.8, 4) is 5.75 Å². The number of para-hydroxylation sites is 1. The standard InChI is InChI=1S/C16H19NO/c1-13(14-7-3-2-4-8-14)11-17-12-15-9-5-6-10-16(15)18/h2-10,13,17-18H,11-12H2,1H3. The van der Waals surface area contributed by atoms with Gasteiger partial charge in [-0.05, 0) is 17.5 Å². The summed E-state index contributed by atoms with van der Waals surface area (Å²) in [6, 6.07) is 17.9. The zero-order chi connectivity index (χ0) is 12.8. The van der Waals surface area contributed by atoms with E-state index in [9.17, 15) is 5.11 Å². The molecule has 0 aromatic heterocycles. The summed E-state index contributed by atoms with van der Waals surface area (Å²) < 4.78 is 0. The van der Waals surface area contributed by atoms with Crippen LogP contribution in [0, 0.1) is 0 Å². The minimum atomic E-state index is 0.359. The quantitative estimate of drug-likeness (QED) is 0.842. The van der Waals surface area contributed by atoms with Gasteiger partial charge in [0.2, 0.25) is 0 Å². The molecule has 1 atom stereocenters. The van der Waals surface area contributed by atoms with Gasteiger partial charge in [0.05, 0.1) is 0 Å². The van der Waals surface area contributed by atoms with Crippen LogP contribution in [0.5, 0.6) is 5.75 Å². The predicted octanol–water partition coefficient (Wildman–Crippen LogP) is 3.29. The third-order valence-corrected chi connectivity index (χ3v) is 3.13. The molecule has 0 radical (unpaired) electrons. The van der Waals surface area contributed by atoms with Crippen molar-refractivity contribution in [2.75, 3.05) is 6.54 Å². The lowest BCUT2D eigenvalue weighted by Crippen LogP contribution is -2.19. The average molecular weight is 241 g/mol. The van der Waals surface area contributed by atoms with E-state index in [-0.39, 0.29) is 0 Å². The van der Waals surface area contributed by atoms with Crippen LogP contribution in [0.15, 0.2) is 54.6 Å². The van der Waals surface area contributed by atoms with E-state index in [2.05, 4.69) is 36.5 Å². The fraction of sp³-hybridized carbons (Fsp3) is 0.250. The largest absolute Gasteiger partial charge is 0.508 e. The first-order valence-electron chi connectivity index (χ1n) is 6.30. The first-order valence-corrected chi connectivity index (χ1v) is 6.30. The van der Waals surface area contributed by atoms with E-state index in [0.717, 1.165) is 12.1 Å². The first kappa shape index (κ1) is 12.7. The second kappa shape index (κ2) is 6.22. The van der Waals surface area contributed by atoms with Crippen LogP contribution in [0.1, 0.15) is 24.0 Å². The van der Waals surface area contributed by atoms with E-state index >= 15 is 0 Å². The Kier molecular flexibility index (Phi) is 4.37. The van der Waals surface area contributed by atoms with Crippen LogP contribution in [0.3, 0.4) is 0 Å². The predicted molar refractivity (Wildman–Crippen MR) is 74.7 cm³/mol. The van der Waals surface area contributed by atoms with E-state index in [4.69, 9.17) is 0 Å². The zero-order valence-corrected chi connectivity index (χ0v) is 10.6. The topological polar surface area (TPSA) is 32.3 Å². The Morgan fingerprint density at radius 1 is 1.00 bits per heavy atom. The molecule has 0 aliphatic heterocycles. The van der Waals surface area contributed by atoms with Crippen molar-refractivity contribution in [2.24, 2.45) is 0 Å². The van der Waals surface area contributed by atoms with Crippen molar-refractivity contribution in [1.29, 1.82) is 0 Å². The minimum absolute atomic E-state index is 0.359. The Morgan fingerprint density at radius 2 is 1.67 bits per heavy atom. The van der Waals surface area contributed by atoms with E-state index in [0.29, 0.717) is 18.2 Å². The van der Waals surface area contributed by atoms with Crippen LogP contribution >= 0.6 is 0 Å². The van der Waals surface area contributed by atoms with Gasteiger partial charge in [0, 0.05) is 18.7 Å². The lowest BCUT2D eigenvalue weighted by Gasteiger charge is -2.13. The maximum atomic E-state index is 9.65. The summed E-state index contributed by atoms with van der Waals surface area (Å²) in [7, 11) is 0. The summed E-state index contributed by atoms with van der Waals surface area (Å²) in [5.74, 6) is 0.828. The Hall–Kier alpha value is -1.80. The van der Waals surface area contributed by atoms with E-state index < -0.39 is 0 Å². The molecular weight excluding hydrogens is 222 g/mol. The van der Waals surface area contributed by atoms with Gasteiger partial charge in [-0.3, -0.25) is 0 Å². The second-order valence-corrected chi connectivity index (χ2v) is 4.57. The number of nitrogens with one attached hydrogen (secondary N) is 1. The molecule has 0 saturated heterocycles. The molecule has 0 bridgehead atoms. The fourth-order valence-corrected chi connectivity index (χ4v) is 1.98. The van der Waals surface area contributed by atoms with E-state index in [1.54, 1.807) is 6.07 Å². The van der Waals surface area contributed by atoms with Gasteiger partial charge >= 0.3 is 0 Å². The normalized spacial score (nSPS) is 12.3.